The summed E-state index contributed by atoms with van der Waals surface area (Å²) in [4.78, 5) is 12.0. The van der Waals surface area contributed by atoms with Gasteiger partial charge >= 0.3 is 0 Å². The van der Waals surface area contributed by atoms with E-state index in [-0.39, 0.29) is 10.7 Å². The molecule has 0 heterocycles. The van der Waals surface area contributed by atoms with Gasteiger partial charge in [-0.15, -0.1) is 0 Å². The van der Waals surface area contributed by atoms with E-state index in [1.165, 1.54) is 0 Å². The molecular formula is C11H12BrCl2NO. The van der Waals surface area contributed by atoms with Crippen LogP contribution < -0.4 is 5.32 Å². The molecule has 1 atom stereocenters. The quantitative estimate of drug-likeness (QED) is 0.836. The summed E-state index contributed by atoms with van der Waals surface area (Å²) in [6.07, 6.45) is 0.948. The van der Waals surface area contributed by atoms with Gasteiger partial charge in [0.1, 0.15) is 0 Å². The minimum Gasteiger partial charge on any atom is -0.351 e. The van der Waals surface area contributed by atoms with Crippen LogP contribution in [-0.2, 0) is 0 Å². The van der Waals surface area contributed by atoms with Crippen LogP contribution in [0.4, 0.5) is 0 Å². The first-order valence-electron chi connectivity index (χ1n) is 4.92. The topological polar surface area (TPSA) is 29.1 Å². The van der Waals surface area contributed by atoms with E-state index in [0.29, 0.717) is 22.2 Å². The maximum absolute atomic E-state index is 11.8. The zero-order valence-electron chi connectivity index (χ0n) is 8.77. The molecule has 16 heavy (non-hydrogen) atoms. The average Bonchev–Trinajstić information content (AvgIpc) is 2.29. The molecule has 5 heteroatoms. The van der Waals surface area contributed by atoms with E-state index in [0.717, 1.165) is 6.42 Å². The van der Waals surface area contributed by atoms with Crippen molar-refractivity contribution in [1.82, 2.24) is 5.32 Å². The molecule has 0 bridgehead atoms. The molecule has 0 saturated carbocycles. The van der Waals surface area contributed by atoms with Gasteiger partial charge in [0.2, 0.25) is 0 Å². The lowest BCUT2D eigenvalue weighted by molar-refractivity contribution is 0.0954. The number of hydrogen-bond donors (Lipinski definition) is 1. The summed E-state index contributed by atoms with van der Waals surface area (Å²) in [5.41, 5.74) is 0.407. The molecule has 1 amide bonds. The minimum absolute atomic E-state index is 0.203. The van der Waals surface area contributed by atoms with E-state index in [9.17, 15) is 4.79 Å². The Morgan fingerprint density at radius 1 is 1.50 bits per heavy atom. The standard InChI is InChI=1S/C11H12BrCl2NO/c1-2-7(12)6-15-11(16)8-4-3-5-9(13)10(8)14/h3-5,7H,2,6H2,1H3,(H,15,16). The second-order valence-electron chi connectivity index (χ2n) is 3.32. The first kappa shape index (κ1) is 13.8. The Bertz CT molecular complexity index is 384. The van der Waals surface area contributed by atoms with Gasteiger partial charge in [-0.3, -0.25) is 4.79 Å². The number of benzene rings is 1. The molecule has 0 radical (unpaired) electrons. The number of halogens is 3. The number of carbonyl (C=O) groups is 1. The molecule has 0 saturated heterocycles. The average molecular weight is 325 g/mol. The maximum atomic E-state index is 11.8. The summed E-state index contributed by atoms with van der Waals surface area (Å²) in [7, 11) is 0. The molecular weight excluding hydrogens is 313 g/mol. The van der Waals surface area contributed by atoms with Gasteiger partial charge in [0.15, 0.2) is 0 Å². The van der Waals surface area contributed by atoms with Crippen LogP contribution >= 0.6 is 39.1 Å². The molecule has 0 spiro atoms. The second-order valence-corrected chi connectivity index (χ2v) is 5.40. The number of alkyl halides is 1. The van der Waals surface area contributed by atoms with Crippen LogP contribution in [-0.4, -0.2) is 17.3 Å². The fraction of sp³-hybridized carbons (Fsp3) is 0.364. The first-order valence-corrected chi connectivity index (χ1v) is 6.59. The van der Waals surface area contributed by atoms with Gasteiger partial charge in [0.25, 0.3) is 5.91 Å². The molecule has 1 aromatic rings. The highest BCUT2D eigenvalue weighted by Gasteiger charge is 2.12. The second kappa shape index (κ2) is 6.48. The number of carbonyl (C=O) groups excluding carboxylic acids is 1. The Morgan fingerprint density at radius 3 is 2.81 bits per heavy atom. The molecule has 0 aliphatic rings. The molecule has 0 aliphatic carbocycles. The molecule has 0 fully saturated rings. The van der Waals surface area contributed by atoms with Crippen molar-refractivity contribution >= 4 is 45.0 Å². The molecule has 1 rings (SSSR count). The van der Waals surface area contributed by atoms with Crippen molar-refractivity contribution in [2.45, 2.75) is 18.2 Å². The number of nitrogens with one attached hydrogen (secondary N) is 1. The molecule has 2 nitrogen and oxygen atoms in total. The molecule has 0 aromatic heterocycles. The zero-order chi connectivity index (χ0) is 12.1. The summed E-state index contributed by atoms with van der Waals surface area (Å²) in [5.74, 6) is -0.203. The Labute approximate surface area is 113 Å². The highest BCUT2D eigenvalue weighted by Crippen LogP contribution is 2.25. The van der Waals surface area contributed by atoms with Gasteiger partial charge in [-0.1, -0.05) is 52.1 Å². The molecule has 88 valence electrons. The summed E-state index contributed by atoms with van der Waals surface area (Å²) in [6.45, 7) is 2.61. The van der Waals surface area contributed by atoms with E-state index < -0.39 is 0 Å². The van der Waals surface area contributed by atoms with Crippen molar-refractivity contribution in [3.05, 3.63) is 33.8 Å². The normalized spacial score (nSPS) is 12.2. The third-order valence-electron chi connectivity index (χ3n) is 2.12. The Kier molecular flexibility index (Phi) is 5.59. The van der Waals surface area contributed by atoms with E-state index in [1.54, 1.807) is 18.2 Å². The summed E-state index contributed by atoms with van der Waals surface area (Å²) in [5, 5.41) is 3.47. The summed E-state index contributed by atoms with van der Waals surface area (Å²) >= 11 is 15.2. The van der Waals surface area contributed by atoms with E-state index in [1.807, 2.05) is 6.92 Å². The van der Waals surface area contributed by atoms with Crippen LogP contribution in [0.2, 0.25) is 10.0 Å². The summed E-state index contributed by atoms with van der Waals surface area (Å²) in [6, 6.07) is 5.01. The van der Waals surface area contributed by atoms with E-state index >= 15 is 0 Å². The smallest absolute Gasteiger partial charge is 0.252 e. The lowest BCUT2D eigenvalue weighted by Crippen LogP contribution is -2.29. The molecule has 1 N–H and O–H groups in total. The monoisotopic (exact) mass is 323 g/mol. The van der Waals surface area contributed by atoms with Gasteiger partial charge in [0.05, 0.1) is 15.6 Å². The third kappa shape index (κ3) is 3.65. The molecule has 1 aromatic carbocycles. The fourth-order valence-electron chi connectivity index (χ4n) is 1.12. The minimum atomic E-state index is -0.203. The summed E-state index contributed by atoms with van der Waals surface area (Å²) < 4.78 is 0. The maximum Gasteiger partial charge on any atom is 0.252 e. The van der Waals surface area contributed by atoms with Crippen molar-refractivity contribution < 1.29 is 4.79 Å². The van der Waals surface area contributed by atoms with Crippen LogP contribution in [0.3, 0.4) is 0 Å². The largest absolute Gasteiger partial charge is 0.351 e. The Hall–Kier alpha value is -0.250. The van der Waals surface area contributed by atoms with E-state index in [2.05, 4.69) is 21.2 Å². The van der Waals surface area contributed by atoms with Gasteiger partial charge in [0, 0.05) is 11.4 Å². The molecule has 0 aliphatic heterocycles. The van der Waals surface area contributed by atoms with Gasteiger partial charge in [-0.2, -0.15) is 0 Å². The van der Waals surface area contributed by atoms with Gasteiger partial charge in [-0.05, 0) is 18.6 Å². The third-order valence-corrected chi connectivity index (χ3v) is 3.91. The number of rotatable bonds is 4. The van der Waals surface area contributed by atoms with Crippen LogP contribution in [0.15, 0.2) is 18.2 Å². The zero-order valence-corrected chi connectivity index (χ0v) is 11.9. The van der Waals surface area contributed by atoms with Crippen LogP contribution in [0.1, 0.15) is 23.7 Å². The predicted octanol–water partition coefficient (Wildman–Crippen LogP) is 3.90. The lowest BCUT2D eigenvalue weighted by atomic mass is 10.2. The highest BCUT2D eigenvalue weighted by molar-refractivity contribution is 9.09. The van der Waals surface area contributed by atoms with E-state index in [4.69, 9.17) is 23.2 Å². The fourth-order valence-corrected chi connectivity index (χ4v) is 1.67. The van der Waals surface area contributed by atoms with Crippen molar-refractivity contribution in [1.29, 1.82) is 0 Å². The van der Waals surface area contributed by atoms with Gasteiger partial charge < -0.3 is 5.32 Å². The predicted molar refractivity (Wildman–Crippen MR) is 71.8 cm³/mol. The number of amides is 1. The Balaban J connectivity index is 2.70. The number of hydrogen-bond acceptors (Lipinski definition) is 1. The SMILES string of the molecule is CCC(Br)CNC(=O)c1cccc(Cl)c1Cl. The van der Waals surface area contributed by atoms with Crippen molar-refractivity contribution in [2.24, 2.45) is 0 Å². The molecule has 1 unspecified atom stereocenters. The van der Waals surface area contributed by atoms with Crippen molar-refractivity contribution in [2.75, 3.05) is 6.54 Å². The van der Waals surface area contributed by atoms with Crippen LogP contribution in [0, 0.1) is 0 Å². The van der Waals surface area contributed by atoms with Gasteiger partial charge in [-0.25, -0.2) is 0 Å². The lowest BCUT2D eigenvalue weighted by Gasteiger charge is -2.10. The van der Waals surface area contributed by atoms with Crippen molar-refractivity contribution in [3.63, 3.8) is 0 Å². The first-order chi connectivity index (χ1) is 7.56. The van der Waals surface area contributed by atoms with Crippen LogP contribution in [0.25, 0.3) is 0 Å². The van der Waals surface area contributed by atoms with Crippen LogP contribution in [0.5, 0.6) is 0 Å². The Morgan fingerprint density at radius 2 is 2.19 bits per heavy atom. The highest BCUT2D eigenvalue weighted by atomic mass is 79.9. The van der Waals surface area contributed by atoms with Crippen molar-refractivity contribution in [3.8, 4) is 0 Å².